The Morgan fingerprint density at radius 2 is 2.26 bits per heavy atom. The number of ether oxygens (including phenoxy) is 1. The summed E-state index contributed by atoms with van der Waals surface area (Å²) in [7, 11) is 1.40. The Kier molecular flexibility index (Phi) is 7.34. The van der Waals surface area contributed by atoms with Gasteiger partial charge in [-0.25, -0.2) is 0 Å². The molecule has 0 spiro atoms. The van der Waals surface area contributed by atoms with Crippen LogP contribution in [-0.2, 0) is 4.74 Å². The second-order valence-electron chi connectivity index (χ2n) is 7.68. The van der Waals surface area contributed by atoms with Crippen LogP contribution < -0.4 is 11.1 Å². The van der Waals surface area contributed by atoms with Crippen LogP contribution in [0.5, 0.6) is 0 Å². The van der Waals surface area contributed by atoms with E-state index in [-0.39, 0.29) is 17.3 Å². The van der Waals surface area contributed by atoms with Crippen molar-refractivity contribution >= 4 is 17.6 Å². The molecule has 0 aromatic carbocycles. The average molecular weight is 436 g/mol. The van der Waals surface area contributed by atoms with Crippen LogP contribution in [0.1, 0.15) is 30.5 Å². The van der Waals surface area contributed by atoms with Crippen LogP contribution in [-0.4, -0.2) is 67.3 Å². The third-order valence-corrected chi connectivity index (χ3v) is 5.64. The zero-order valence-electron chi connectivity index (χ0n) is 17.3. The Morgan fingerprint density at radius 3 is 2.97 bits per heavy atom. The summed E-state index contributed by atoms with van der Waals surface area (Å²) >= 11 is 0. The van der Waals surface area contributed by atoms with E-state index in [2.05, 4.69) is 20.3 Å². The van der Waals surface area contributed by atoms with E-state index in [1.54, 1.807) is 12.1 Å². The minimum absolute atomic E-state index is 0.0518. The minimum atomic E-state index is -4.75. The van der Waals surface area contributed by atoms with Gasteiger partial charge in [0.25, 0.3) is 0 Å². The number of alkyl halides is 3. The topological polar surface area (TPSA) is 109 Å². The minimum Gasteiger partial charge on any atom is -0.366 e. The first-order valence-electron chi connectivity index (χ1n) is 10.1. The maximum absolute atomic E-state index is 14.1. The number of nitrogens with zero attached hydrogens (tertiary/aromatic N) is 3. The molecule has 3 atom stereocenters. The zero-order chi connectivity index (χ0) is 22.5. The van der Waals surface area contributed by atoms with Crippen LogP contribution in [0.4, 0.5) is 13.2 Å². The van der Waals surface area contributed by atoms with Gasteiger partial charge in [0.1, 0.15) is 6.04 Å². The first kappa shape index (κ1) is 23.2. The van der Waals surface area contributed by atoms with Gasteiger partial charge < -0.3 is 15.9 Å². The van der Waals surface area contributed by atoms with E-state index in [4.69, 9.17) is 15.9 Å². The number of rotatable bonds is 5. The molecule has 1 saturated heterocycles. The summed E-state index contributed by atoms with van der Waals surface area (Å²) in [5.41, 5.74) is 4.32. The summed E-state index contributed by atoms with van der Waals surface area (Å²) in [6, 6.07) is 1.69. The fourth-order valence-electron chi connectivity index (χ4n) is 3.85. The highest BCUT2D eigenvalue weighted by Gasteiger charge is 2.58. The number of hydrogen-bond donors (Lipinski definition) is 3. The number of nitrogens with one attached hydrogen (secondary N) is 2. The molecule has 3 rings (SSSR count). The molecule has 1 fully saturated rings. The van der Waals surface area contributed by atoms with Crippen molar-refractivity contribution in [3.8, 4) is 0 Å². The first-order valence-corrected chi connectivity index (χ1v) is 10.1. The van der Waals surface area contributed by atoms with Gasteiger partial charge in [-0.3, -0.25) is 20.3 Å². The molecule has 0 aliphatic carbocycles. The Labute approximate surface area is 179 Å². The molecule has 10 heteroatoms. The van der Waals surface area contributed by atoms with E-state index in [1.807, 2.05) is 0 Å². The van der Waals surface area contributed by atoms with Crippen molar-refractivity contribution in [3.05, 3.63) is 41.7 Å². The number of aliphatic imine (C=N–C) groups is 2. The van der Waals surface area contributed by atoms with E-state index in [9.17, 15) is 13.2 Å². The van der Waals surface area contributed by atoms with Crippen LogP contribution in [0.2, 0.25) is 0 Å². The van der Waals surface area contributed by atoms with Crippen molar-refractivity contribution in [2.45, 2.75) is 37.0 Å². The summed E-state index contributed by atoms with van der Waals surface area (Å²) < 4.78 is 47.7. The molecule has 31 heavy (non-hydrogen) atoms. The van der Waals surface area contributed by atoms with Crippen molar-refractivity contribution in [1.29, 1.82) is 5.41 Å². The van der Waals surface area contributed by atoms with Gasteiger partial charge in [-0.2, -0.15) is 13.2 Å². The normalized spacial score (nSPS) is 27.9. The van der Waals surface area contributed by atoms with E-state index in [0.29, 0.717) is 31.0 Å². The van der Waals surface area contributed by atoms with Crippen molar-refractivity contribution in [2.24, 2.45) is 21.6 Å². The number of pyridine rings is 1. The highest BCUT2D eigenvalue weighted by Crippen LogP contribution is 2.38. The predicted octanol–water partition coefficient (Wildman–Crippen LogP) is 2.50. The van der Waals surface area contributed by atoms with Gasteiger partial charge in [0, 0.05) is 37.3 Å². The number of allylic oxidation sites excluding steroid dienone is 1. The molecule has 1 aromatic heterocycles. The fraction of sp³-hybridized carbons (Fsp3) is 0.524. The Balaban J connectivity index is 1.98. The number of nitrogens with two attached hydrogens (primary N) is 1. The molecule has 1 aromatic rings. The highest BCUT2D eigenvalue weighted by atomic mass is 19.4. The maximum atomic E-state index is 14.1. The number of halogens is 3. The average Bonchev–Trinajstić information content (AvgIpc) is 2.72. The summed E-state index contributed by atoms with van der Waals surface area (Å²) in [6.07, 6.45) is 2.28. The smallest absolute Gasteiger partial charge is 0.366 e. The Morgan fingerprint density at radius 1 is 1.45 bits per heavy atom. The molecule has 0 amide bonds. The lowest BCUT2D eigenvalue weighted by Gasteiger charge is -2.38. The SMILES string of the molecule is CN=C(c1cccnc1C=N)C1N=C(CC2CCNCOCC2)C=CC1(N)C(F)(F)F. The lowest BCUT2D eigenvalue weighted by atomic mass is 9.81. The number of dihydropyridines is 1. The van der Waals surface area contributed by atoms with Gasteiger partial charge >= 0.3 is 6.18 Å². The summed E-state index contributed by atoms with van der Waals surface area (Å²) in [5.74, 6) is 0.227. The van der Waals surface area contributed by atoms with Crippen LogP contribution in [0.25, 0.3) is 0 Å². The van der Waals surface area contributed by atoms with E-state index >= 15 is 0 Å². The maximum Gasteiger partial charge on any atom is 0.412 e. The molecule has 168 valence electrons. The van der Waals surface area contributed by atoms with Crippen LogP contribution in [0, 0.1) is 11.3 Å². The molecule has 2 aliphatic rings. The molecule has 0 bridgehead atoms. The molecular formula is C21H27F3N6O. The second-order valence-corrected chi connectivity index (χ2v) is 7.68. The molecule has 3 heterocycles. The second kappa shape index (κ2) is 9.80. The lowest BCUT2D eigenvalue weighted by Crippen LogP contribution is -2.63. The van der Waals surface area contributed by atoms with E-state index < -0.39 is 17.8 Å². The van der Waals surface area contributed by atoms with Crippen LogP contribution in [0.15, 0.2) is 40.5 Å². The molecule has 3 unspecified atom stereocenters. The van der Waals surface area contributed by atoms with Gasteiger partial charge in [0.15, 0.2) is 5.54 Å². The van der Waals surface area contributed by atoms with Gasteiger partial charge in [-0.1, -0.05) is 6.08 Å². The van der Waals surface area contributed by atoms with Gasteiger partial charge in [-0.15, -0.1) is 0 Å². The van der Waals surface area contributed by atoms with E-state index in [1.165, 1.54) is 19.3 Å². The van der Waals surface area contributed by atoms with Gasteiger partial charge in [0.2, 0.25) is 0 Å². The monoisotopic (exact) mass is 436 g/mol. The standard InChI is InChI=1S/C21H27F3N6O/c1-27-18(16-3-2-8-29-17(16)12-25)19-20(26,21(22,23)24)7-4-15(30-19)11-14-5-9-28-13-31-10-6-14/h2-4,7-8,12,14,19,25,28H,5-6,9-11,13,26H2,1H3. The summed E-state index contributed by atoms with van der Waals surface area (Å²) in [6.45, 7) is 1.86. The quantitative estimate of drug-likeness (QED) is 0.616. The molecular weight excluding hydrogens is 409 g/mol. The summed E-state index contributed by atoms with van der Waals surface area (Å²) in [4.78, 5) is 12.7. The van der Waals surface area contributed by atoms with Crippen LogP contribution in [0.3, 0.4) is 0 Å². The third kappa shape index (κ3) is 5.08. The Bertz CT molecular complexity index is 874. The fourth-order valence-corrected chi connectivity index (χ4v) is 3.85. The molecule has 0 saturated carbocycles. The first-order chi connectivity index (χ1) is 14.8. The van der Waals surface area contributed by atoms with E-state index in [0.717, 1.165) is 31.7 Å². The van der Waals surface area contributed by atoms with Crippen LogP contribution >= 0.6 is 0 Å². The molecule has 2 aliphatic heterocycles. The van der Waals surface area contributed by atoms with Crippen molar-refractivity contribution < 1.29 is 17.9 Å². The van der Waals surface area contributed by atoms with Crippen molar-refractivity contribution in [3.63, 3.8) is 0 Å². The van der Waals surface area contributed by atoms with Gasteiger partial charge in [0.05, 0.1) is 18.1 Å². The molecule has 4 N–H and O–H groups in total. The molecule has 0 radical (unpaired) electrons. The van der Waals surface area contributed by atoms with Crippen molar-refractivity contribution in [1.82, 2.24) is 10.3 Å². The number of hydrogen-bond acceptors (Lipinski definition) is 7. The lowest BCUT2D eigenvalue weighted by molar-refractivity contribution is -0.172. The van der Waals surface area contributed by atoms with Crippen molar-refractivity contribution in [2.75, 3.05) is 26.9 Å². The largest absolute Gasteiger partial charge is 0.412 e. The third-order valence-electron chi connectivity index (χ3n) is 5.64. The Hall–Kier alpha value is -2.43. The zero-order valence-corrected chi connectivity index (χ0v) is 17.3. The molecule has 7 nitrogen and oxygen atoms in total. The highest BCUT2D eigenvalue weighted by molar-refractivity contribution is 6.12. The van der Waals surface area contributed by atoms with Gasteiger partial charge in [-0.05, 0) is 49.9 Å². The number of aromatic nitrogens is 1. The predicted molar refractivity (Wildman–Crippen MR) is 114 cm³/mol. The summed E-state index contributed by atoms with van der Waals surface area (Å²) in [5, 5.41) is 10.7.